The van der Waals surface area contributed by atoms with Crippen LogP contribution in [0.25, 0.3) is 33.7 Å². The summed E-state index contributed by atoms with van der Waals surface area (Å²) >= 11 is 0. The number of ether oxygens (including phenoxy) is 2. The van der Waals surface area contributed by atoms with E-state index in [1.165, 1.54) is 0 Å². The van der Waals surface area contributed by atoms with Gasteiger partial charge < -0.3 is 13.9 Å². The predicted octanol–water partition coefficient (Wildman–Crippen LogP) is 5.18. The monoisotopic (exact) mass is 331 g/mol. The summed E-state index contributed by atoms with van der Waals surface area (Å²) < 4.78 is 17.0. The van der Waals surface area contributed by atoms with E-state index in [9.17, 15) is 0 Å². The van der Waals surface area contributed by atoms with Crippen molar-refractivity contribution in [3.05, 3.63) is 66.7 Å². The second kappa shape index (κ2) is 6.32. The molecule has 1 aromatic heterocycles. The molecule has 0 unspecified atom stereocenters. The summed E-state index contributed by atoms with van der Waals surface area (Å²) in [6.45, 7) is 0. The van der Waals surface area contributed by atoms with Crippen LogP contribution in [0, 0.1) is 0 Å². The fourth-order valence-corrected chi connectivity index (χ4v) is 2.99. The Labute approximate surface area is 145 Å². The summed E-state index contributed by atoms with van der Waals surface area (Å²) in [6, 6.07) is 21.6. The minimum absolute atomic E-state index is 0.585. The van der Waals surface area contributed by atoms with Gasteiger partial charge in [-0.25, -0.2) is 4.98 Å². The molecule has 124 valence electrons. The summed E-state index contributed by atoms with van der Waals surface area (Å²) in [6.07, 6.45) is 0. The van der Waals surface area contributed by atoms with Crippen LogP contribution in [0.15, 0.2) is 71.1 Å². The first-order valence-electron chi connectivity index (χ1n) is 7.98. The highest BCUT2D eigenvalue weighted by molar-refractivity contribution is 5.86. The quantitative estimate of drug-likeness (QED) is 0.517. The average Bonchev–Trinajstić information content (AvgIpc) is 3.11. The summed E-state index contributed by atoms with van der Waals surface area (Å²) in [5, 5.41) is 0. The molecule has 0 spiro atoms. The van der Waals surface area contributed by atoms with Gasteiger partial charge in [0.15, 0.2) is 17.1 Å². The van der Waals surface area contributed by atoms with Crippen molar-refractivity contribution in [3.63, 3.8) is 0 Å². The van der Waals surface area contributed by atoms with Crippen molar-refractivity contribution in [3.8, 4) is 34.1 Å². The van der Waals surface area contributed by atoms with Gasteiger partial charge in [0.2, 0.25) is 5.89 Å². The zero-order valence-corrected chi connectivity index (χ0v) is 14.0. The van der Waals surface area contributed by atoms with Gasteiger partial charge in [-0.3, -0.25) is 0 Å². The van der Waals surface area contributed by atoms with E-state index in [0.29, 0.717) is 17.4 Å². The number of methoxy groups -OCH3 is 2. The maximum absolute atomic E-state index is 5.96. The third-order valence-electron chi connectivity index (χ3n) is 4.14. The molecule has 1 heterocycles. The van der Waals surface area contributed by atoms with Gasteiger partial charge in [0, 0.05) is 11.1 Å². The van der Waals surface area contributed by atoms with Crippen LogP contribution in [0.4, 0.5) is 0 Å². The maximum Gasteiger partial charge on any atom is 0.227 e. The van der Waals surface area contributed by atoms with Gasteiger partial charge >= 0.3 is 0 Å². The van der Waals surface area contributed by atoms with Crippen LogP contribution in [-0.2, 0) is 0 Å². The molecule has 0 atom stereocenters. The van der Waals surface area contributed by atoms with Gasteiger partial charge in [0.05, 0.1) is 14.2 Å². The van der Waals surface area contributed by atoms with Gasteiger partial charge in [0.25, 0.3) is 0 Å². The van der Waals surface area contributed by atoms with Gasteiger partial charge in [0.1, 0.15) is 5.52 Å². The highest BCUT2D eigenvalue weighted by Crippen LogP contribution is 2.42. The highest BCUT2D eigenvalue weighted by Gasteiger charge is 2.17. The van der Waals surface area contributed by atoms with E-state index in [0.717, 1.165) is 27.8 Å². The van der Waals surface area contributed by atoms with Crippen molar-refractivity contribution in [2.24, 2.45) is 0 Å². The molecule has 4 rings (SSSR count). The van der Waals surface area contributed by atoms with Crippen LogP contribution in [-0.4, -0.2) is 19.2 Å². The van der Waals surface area contributed by atoms with Crippen LogP contribution in [0.5, 0.6) is 11.5 Å². The largest absolute Gasteiger partial charge is 0.493 e. The van der Waals surface area contributed by atoms with E-state index in [4.69, 9.17) is 13.9 Å². The van der Waals surface area contributed by atoms with Crippen LogP contribution < -0.4 is 9.47 Å². The minimum atomic E-state index is 0.585. The molecule has 4 nitrogen and oxygen atoms in total. The van der Waals surface area contributed by atoms with Crippen LogP contribution in [0.2, 0.25) is 0 Å². The molecule has 3 aromatic carbocycles. The molecule has 0 aliphatic heterocycles. The lowest BCUT2D eigenvalue weighted by molar-refractivity contribution is 0.356. The molecule has 4 aromatic rings. The number of oxazole rings is 1. The summed E-state index contributed by atoms with van der Waals surface area (Å²) in [5.74, 6) is 1.96. The molecule has 0 amide bonds. The fourth-order valence-electron chi connectivity index (χ4n) is 2.99. The Bertz CT molecular complexity index is 1000. The number of aromatic nitrogens is 1. The van der Waals surface area contributed by atoms with Crippen molar-refractivity contribution in [1.29, 1.82) is 0 Å². The minimum Gasteiger partial charge on any atom is -0.493 e. The highest BCUT2D eigenvalue weighted by atomic mass is 16.5. The van der Waals surface area contributed by atoms with Crippen molar-refractivity contribution in [2.45, 2.75) is 0 Å². The molecule has 0 bridgehead atoms. The molecule has 0 aliphatic carbocycles. The van der Waals surface area contributed by atoms with E-state index >= 15 is 0 Å². The maximum atomic E-state index is 5.96. The zero-order chi connectivity index (χ0) is 17.2. The lowest BCUT2D eigenvalue weighted by Gasteiger charge is -2.14. The van der Waals surface area contributed by atoms with E-state index in [2.05, 4.69) is 4.98 Å². The Morgan fingerprint density at radius 3 is 2.20 bits per heavy atom. The Morgan fingerprint density at radius 2 is 1.44 bits per heavy atom. The lowest BCUT2D eigenvalue weighted by Crippen LogP contribution is -1.94. The topological polar surface area (TPSA) is 44.5 Å². The number of benzene rings is 3. The molecule has 0 aliphatic rings. The molecule has 4 heteroatoms. The number of hydrogen-bond donors (Lipinski definition) is 0. The molecular formula is C21H17NO3. The first-order chi connectivity index (χ1) is 12.3. The number of nitrogens with zero attached hydrogens (tertiary/aromatic N) is 1. The standard InChI is InChI=1S/C21H17NO3/c1-23-19-13-7-10-15(20(19)24-2)14-8-3-4-9-16(14)21-22-17-11-5-6-12-18(17)25-21/h3-13H,1-2H3. The van der Waals surface area contributed by atoms with Gasteiger partial charge in [-0.2, -0.15) is 0 Å². The predicted molar refractivity (Wildman–Crippen MR) is 98.0 cm³/mol. The van der Waals surface area contributed by atoms with Crippen LogP contribution in [0.3, 0.4) is 0 Å². The van der Waals surface area contributed by atoms with Crippen molar-refractivity contribution in [2.75, 3.05) is 14.2 Å². The van der Waals surface area contributed by atoms with Crippen molar-refractivity contribution in [1.82, 2.24) is 4.98 Å². The van der Waals surface area contributed by atoms with Gasteiger partial charge in [-0.1, -0.05) is 42.5 Å². The smallest absolute Gasteiger partial charge is 0.227 e. The second-order valence-corrected chi connectivity index (χ2v) is 5.57. The van der Waals surface area contributed by atoms with Gasteiger partial charge in [-0.05, 0) is 29.8 Å². The molecular weight excluding hydrogens is 314 g/mol. The molecule has 0 saturated heterocycles. The van der Waals surface area contributed by atoms with Crippen molar-refractivity contribution >= 4 is 11.1 Å². The summed E-state index contributed by atoms with van der Waals surface area (Å²) in [4.78, 5) is 4.63. The number of fused-ring (bicyclic) bond motifs is 1. The fraction of sp³-hybridized carbons (Fsp3) is 0.0952. The molecule has 25 heavy (non-hydrogen) atoms. The normalized spacial score (nSPS) is 10.8. The zero-order valence-electron chi connectivity index (χ0n) is 14.0. The van der Waals surface area contributed by atoms with Crippen LogP contribution in [0.1, 0.15) is 0 Å². The first kappa shape index (κ1) is 15.3. The van der Waals surface area contributed by atoms with E-state index < -0.39 is 0 Å². The Kier molecular flexibility index (Phi) is 3.86. The Balaban J connectivity index is 1.94. The SMILES string of the molecule is COc1cccc(-c2ccccc2-c2nc3ccccc3o2)c1OC. The van der Waals surface area contributed by atoms with E-state index in [1.54, 1.807) is 14.2 Å². The number of para-hydroxylation sites is 3. The third kappa shape index (κ3) is 2.62. The van der Waals surface area contributed by atoms with Crippen LogP contribution >= 0.6 is 0 Å². The summed E-state index contributed by atoms with van der Waals surface area (Å²) in [7, 11) is 3.28. The second-order valence-electron chi connectivity index (χ2n) is 5.57. The van der Waals surface area contributed by atoms with E-state index in [-0.39, 0.29) is 0 Å². The molecule has 0 saturated carbocycles. The van der Waals surface area contributed by atoms with Crippen molar-refractivity contribution < 1.29 is 13.9 Å². The Hall–Kier alpha value is -3.27. The molecule has 0 radical (unpaired) electrons. The number of hydrogen-bond acceptors (Lipinski definition) is 4. The number of rotatable bonds is 4. The first-order valence-corrected chi connectivity index (χ1v) is 7.98. The average molecular weight is 331 g/mol. The third-order valence-corrected chi connectivity index (χ3v) is 4.14. The lowest BCUT2D eigenvalue weighted by atomic mass is 9.98. The van der Waals surface area contributed by atoms with E-state index in [1.807, 2.05) is 66.7 Å². The van der Waals surface area contributed by atoms with Gasteiger partial charge in [-0.15, -0.1) is 0 Å². The Morgan fingerprint density at radius 1 is 0.720 bits per heavy atom. The molecule has 0 fully saturated rings. The summed E-state index contributed by atoms with van der Waals surface area (Å²) in [5.41, 5.74) is 4.42. The molecule has 0 N–H and O–H groups in total.